The molecule has 4 nitrogen and oxygen atoms in total. The highest BCUT2D eigenvalue weighted by Crippen LogP contribution is 2.37. The summed E-state index contributed by atoms with van der Waals surface area (Å²) in [5, 5.41) is 13.9. The van der Waals surface area contributed by atoms with Crippen molar-refractivity contribution < 1.29 is 9.90 Å². The number of nitrogens with zero attached hydrogens (tertiary/aromatic N) is 1. The summed E-state index contributed by atoms with van der Waals surface area (Å²) >= 11 is 7.64. The van der Waals surface area contributed by atoms with E-state index in [2.05, 4.69) is 10.3 Å². The number of hydrogen-bond donors (Lipinski definition) is 2. The van der Waals surface area contributed by atoms with E-state index in [1.54, 1.807) is 0 Å². The van der Waals surface area contributed by atoms with Crippen molar-refractivity contribution in [2.24, 2.45) is 0 Å². The standard InChI is InChI=1S/C15H15ClN2O2S/c1-8-5-6-9(7-11(8)16)17-15-18-13-10(14(19)20)3-2-4-12(13)21-15/h5-7,10H,2-4H2,1H3,(H,17,18)(H,19,20). The lowest BCUT2D eigenvalue weighted by Crippen LogP contribution is -2.17. The van der Waals surface area contributed by atoms with Crippen LogP contribution in [-0.4, -0.2) is 16.1 Å². The molecule has 0 aliphatic heterocycles. The zero-order valence-electron chi connectivity index (χ0n) is 11.5. The molecule has 0 radical (unpaired) electrons. The summed E-state index contributed by atoms with van der Waals surface area (Å²) < 4.78 is 0. The van der Waals surface area contributed by atoms with Gasteiger partial charge >= 0.3 is 5.97 Å². The largest absolute Gasteiger partial charge is 0.481 e. The lowest BCUT2D eigenvalue weighted by molar-refractivity contribution is -0.139. The molecule has 1 aromatic carbocycles. The Morgan fingerprint density at radius 2 is 2.33 bits per heavy atom. The van der Waals surface area contributed by atoms with Crippen LogP contribution >= 0.6 is 22.9 Å². The van der Waals surface area contributed by atoms with Crippen molar-refractivity contribution in [2.45, 2.75) is 32.1 Å². The summed E-state index contributed by atoms with van der Waals surface area (Å²) in [5.41, 5.74) is 2.61. The Morgan fingerprint density at radius 3 is 3.05 bits per heavy atom. The van der Waals surface area contributed by atoms with Crippen molar-refractivity contribution in [3.63, 3.8) is 0 Å². The predicted octanol–water partition coefficient (Wildman–Crippen LogP) is 4.35. The van der Waals surface area contributed by atoms with Crippen molar-refractivity contribution in [1.29, 1.82) is 0 Å². The third-order valence-electron chi connectivity index (χ3n) is 3.68. The van der Waals surface area contributed by atoms with Crippen LogP contribution in [0.4, 0.5) is 10.8 Å². The molecule has 2 N–H and O–H groups in total. The molecule has 1 aliphatic carbocycles. The van der Waals surface area contributed by atoms with E-state index in [9.17, 15) is 9.90 Å². The number of aryl methyl sites for hydroxylation is 2. The van der Waals surface area contributed by atoms with E-state index in [0.717, 1.165) is 39.8 Å². The number of benzene rings is 1. The summed E-state index contributed by atoms with van der Waals surface area (Å²) in [7, 11) is 0. The van der Waals surface area contributed by atoms with Gasteiger partial charge in [0.15, 0.2) is 5.13 Å². The molecule has 110 valence electrons. The summed E-state index contributed by atoms with van der Waals surface area (Å²) in [4.78, 5) is 16.9. The van der Waals surface area contributed by atoms with Gasteiger partial charge in [-0.15, -0.1) is 11.3 Å². The van der Waals surface area contributed by atoms with Crippen LogP contribution in [0, 0.1) is 6.92 Å². The van der Waals surface area contributed by atoms with Gasteiger partial charge < -0.3 is 10.4 Å². The number of aliphatic carboxylic acids is 1. The molecule has 1 aromatic heterocycles. The molecule has 6 heteroatoms. The van der Waals surface area contributed by atoms with Gasteiger partial charge in [0.2, 0.25) is 0 Å². The van der Waals surface area contributed by atoms with Crippen molar-refractivity contribution in [3.8, 4) is 0 Å². The molecule has 2 aromatic rings. The van der Waals surface area contributed by atoms with Gasteiger partial charge in [0.1, 0.15) is 5.92 Å². The zero-order chi connectivity index (χ0) is 15.0. The Morgan fingerprint density at radius 1 is 1.52 bits per heavy atom. The number of fused-ring (bicyclic) bond motifs is 1. The lowest BCUT2D eigenvalue weighted by atomic mass is 9.91. The van der Waals surface area contributed by atoms with Crippen LogP contribution in [0.25, 0.3) is 0 Å². The maximum absolute atomic E-state index is 11.3. The topological polar surface area (TPSA) is 62.2 Å². The molecule has 0 fully saturated rings. The number of rotatable bonds is 3. The Hall–Kier alpha value is -1.59. The highest BCUT2D eigenvalue weighted by atomic mass is 35.5. The molecular formula is C15H15ClN2O2S. The highest BCUT2D eigenvalue weighted by molar-refractivity contribution is 7.15. The van der Waals surface area contributed by atoms with E-state index < -0.39 is 11.9 Å². The number of hydrogen-bond acceptors (Lipinski definition) is 4. The quantitative estimate of drug-likeness (QED) is 0.881. The van der Waals surface area contributed by atoms with Gasteiger partial charge in [-0.25, -0.2) is 4.98 Å². The van der Waals surface area contributed by atoms with E-state index in [1.165, 1.54) is 11.3 Å². The molecular weight excluding hydrogens is 308 g/mol. The second kappa shape index (κ2) is 5.66. The summed E-state index contributed by atoms with van der Waals surface area (Å²) in [6, 6.07) is 5.74. The van der Waals surface area contributed by atoms with Crippen molar-refractivity contribution >= 4 is 39.7 Å². The van der Waals surface area contributed by atoms with Crippen LogP contribution in [0.1, 0.15) is 34.9 Å². The summed E-state index contributed by atoms with van der Waals surface area (Å²) in [5.74, 6) is -1.26. The first-order valence-electron chi connectivity index (χ1n) is 6.80. The number of anilines is 2. The van der Waals surface area contributed by atoms with Gasteiger partial charge in [0.25, 0.3) is 0 Å². The molecule has 0 bridgehead atoms. The first kappa shape index (κ1) is 14.4. The van der Waals surface area contributed by atoms with Gasteiger partial charge in [-0.2, -0.15) is 0 Å². The molecule has 0 amide bonds. The maximum atomic E-state index is 11.3. The van der Waals surface area contributed by atoms with E-state index in [4.69, 9.17) is 11.6 Å². The van der Waals surface area contributed by atoms with Crippen LogP contribution in [0.2, 0.25) is 5.02 Å². The minimum atomic E-state index is -0.786. The smallest absolute Gasteiger partial charge is 0.312 e. The van der Waals surface area contributed by atoms with E-state index in [-0.39, 0.29) is 0 Å². The lowest BCUT2D eigenvalue weighted by Gasteiger charge is -2.16. The average Bonchev–Trinajstić information content (AvgIpc) is 2.84. The summed E-state index contributed by atoms with van der Waals surface area (Å²) in [6.45, 7) is 1.95. The van der Waals surface area contributed by atoms with E-state index >= 15 is 0 Å². The Balaban J connectivity index is 1.87. The predicted molar refractivity (Wildman–Crippen MR) is 84.9 cm³/mol. The van der Waals surface area contributed by atoms with Crippen molar-refractivity contribution in [2.75, 3.05) is 5.32 Å². The number of aromatic nitrogens is 1. The van der Waals surface area contributed by atoms with Gasteiger partial charge in [-0.1, -0.05) is 17.7 Å². The van der Waals surface area contributed by atoms with Gasteiger partial charge in [0, 0.05) is 15.6 Å². The van der Waals surface area contributed by atoms with Gasteiger partial charge in [-0.3, -0.25) is 4.79 Å². The Labute approximate surface area is 131 Å². The number of thiazole rings is 1. The third kappa shape index (κ3) is 2.89. The first-order chi connectivity index (χ1) is 10.0. The Bertz CT molecular complexity index is 699. The molecule has 1 atom stereocenters. The molecule has 0 saturated carbocycles. The average molecular weight is 323 g/mol. The minimum Gasteiger partial charge on any atom is -0.481 e. The molecule has 1 heterocycles. The zero-order valence-corrected chi connectivity index (χ0v) is 13.1. The maximum Gasteiger partial charge on any atom is 0.312 e. The number of carboxylic acid groups (broad SMARTS) is 1. The van der Waals surface area contributed by atoms with Crippen LogP contribution in [0.5, 0.6) is 0 Å². The van der Waals surface area contributed by atoms with Crippen LogP contribution in [0.15, 0.2) is 18.2 Å². The fourth-order valence-electron chi connectivity index (χ4n) is 2.51. The van der Waals surface area contributed by atoms with Gasteiger partial charge in [-0.05, 0) is 43.9 Å². The number of carboxylic acids is 1. The minimum absolute atomic E-state index is 0.470. The van der Waals surface area contributed by atoms with E-state index in [0.29, 0.717) is 11.4 Å². The van der Waals surface area contributed by atoms with Crippen LogP contribution in [0.3, 0.4) is 0 Å². The molecule has 0 saturated heterocycles. The fraction of sp³-hybridized carbons (Fsp3) is 0.333. The Kier molecular flexibility index (Phi) is 3.87. The van der Waals surface area contributed by atoms with E-state index in [1.807, 2.05) is 25.1 Å². The van der Waals surface area contributed by atoms with Crippen molar-refractivity contribution in [1.82, 2.24) is 4.98 Å². The highest BCUT2D eigenvalue weighted by Gasteiger charge is 2.29. The van der Waals surface area contributed by atoms with Crippen molar-refractivity contribution in [3.05, 3.63) is 39.4 Å². The second-order valence-corrected chi connectivity index (χ2v) is 6.69. The summed E-state index contributed by atoms with van der Waals surface area (Å²) in [6.07, 6.45) is 2.48. The number of nitrogens with one attached hydrogen (secondary N) is 1. The molecule has 3 rings (SSSR count). The molecule has 1 aliphatic rings. The van der Waals surface area contributed by atoms with Gasteiger partial charge in [0.05, 0.1) is 5.69 Å². The first-order valence-corrected chi connectivity index (χ1v) is 7.99. The molecule has 0 spiro atoms. The van der Waals surface area contributed by atoms with Crippen LogP contribution < -0.4 is 5.32 Å². The normalized spacial score (nSPS) is 17.3. The SMILES string of the molecule is Cc1ccc(Nc2nc3c(s2)CCCC3C(=O)O)cc1Cl. The molecule has 1 unspecified atom stereocenters. The van der Waals surface area contributed by atoms with Crippen LogP contribution in [-0.2, 0) is 11.2 Å². The fourth-order valence-corrected chi connectivity index (χ4v) is 3.77. The molecule has 21 heavy (non-hydrogen) atoms. The third-order valence-corrected chi connectivity index (χ3v) is 5.13. The number of carbonyl (C=O) groups is 1. The second-order valence-electron chi connectivity index (χ2n) is 5.20. The monoisotopic (exact) mass is 322 g/mol. The number of halogens is 1.